The molecule has 0 saturated heterocycles. The van der Waals surface area contributed by atoms with Gasteiger partial charge in [0.2, 0.25) is 6.41 Å². The molecule has 4 nitrogen and oxygen atoms in total. The van der Waals surface area contributed by atoms with Gasteiger partial charge in [-0.25, -0.2) is 0 Å². The third-order valence-corrected chi connectivity index (χ3v) is 2.10. The molecule has 0 aliphatic heterocycles. The average Bonchev–Trinajstić information content (AvgIpc) is 2.27. The second-order valence-corrected chi connectivity index (χ2v) is 3.25. The molecule has 1 aromatic carbocycles. The van der Waals surface area contributed by atoms with Gasteiger partial charge in [-0.3, -0.25) is 9.59 Å². The van der Waals surface area contributed by atoms with Crippen LogP contribution in [0.5, 0.6) is 0 Å². The lowest BCUT2D eigenvalue weighted by Crippen LogP contribution is -2.28. The summed E-state index contributed by atoms with van der Waals surface area (Å²) in [6, 6.07) is 7.16. The number of allylic oxidation sites excluding steroid dienone is 1. The highest BCUT2D eigenvalue weighted by Gasteiger charge is 2.12. The van der Waals surface area contributed by atoms with E-state index in [1.54, 1.807) is 18.2 Å². The zero-order chi connectivity index (χ0) is 12.0. The van der Waals surface area contributed by atoms with Crippen LogP contribution in [0.3, 0.4) is 0 Å². The van der Waals surface area contributed by atoms with Crippen LogP contribution >= 0.6 is 0 Å². The van der Waals surface area contributed by atoms with Gasteiger partial charge in [0.15, 0.2) is 0 Å². The predicted octanol–water partition coefficient (Wildman–Crippen LogP) is 1.46. The van der Waals surface area contributed by atoms with Gasteiger partial charge >= 0.3 is 5.97 Å². The number of benzene rings is 1. The summed E-state index contributed by atoms with van der Waals surface area (Å²) in [5.41, 5.74) is 1.49. The number of carbonyl (C=O) groups is 2. The molecule has 0 fully saturated rings. The van der Waals surface area contributed by atoms with Crippen molar-refractivity contribution in [3.05, 3.63) is 42.5 Å². The van der Waals surface area contributed by atoms with Crippen molar-refractivity contribution in [2.24, 2.45) is 0 Å². The van der Waals surface area contributed by atoms with E-state index < -0.39 is 5.97 Å². The molecular weight excluding hydrogens is 206 g/mol. The van der Waals surface area contributed by atoms with Crippen LogP contribution in [0.15, 0.2) is 36.9 Å². The Hall–Kier alpha value is -2.10. The minimum absolute atomic E-state index is 0.336. The Balaban J connectivity index is 3.02. The van der Waals surface area contributed by atoms with E-state index in [1.165, 1.54) is 4.90 Å². The summed E-state index contributed by atoms with van der Waals surface area (Å²) < 4.78 is 0. The van der Waals surface area contributed by atoms with E-state index in [2.05, 4.69) is 6.58 Å². The van der Waals surface area contributed by atoms with Crippen LogP contribution in [0.25, 0.3) is 0 Å². The summed E-state index contributed by atoms with van der Waals surface area (Å²) in [6.07, 6.45) is 2.83. The number of para-hydroxylation sites is 1. The lowest BCUT2D eigenvalue weighted by molar-refractivity contribution is -0.136. The minimum Gasteiger partial charge on any atom is -0.480 e. The Morgan fingerprint density at radius 2 is 2.12 bits per heavy atom. The van der Waals surface area contributed by atoms with Crippen LogP contribution in [-0.4, -0.2) is 24.0 Å². The number of rotatable bonds is 6. The number of amides is 1. The second-order valence-electron chi connectivity index (χ2n) is 3.25. The fourth-order valence-electron chi connectivity index (χ4n) is 1.44. The zero-order valence-corrected chi connectivity index (χ0v) is 8.80. The zero-order valence-electron chi connectivity index (χ0n) is 8.80. The van der Waals surface area contributed by atoms with E-state index in [0.717, 1.165) is 5.56 Å². The molecule has 1 amide bonds. The molecule has 1 N–H and O–H groups in total. The fraction of sp³-hybridized carbons (Fsp3) is 0.167. The maximum atomic E-state index is 10.8. The average molecular weight is 219 g/mol. The predicted molar refractivity (Wildman–Crippen MR) is 61.4 cm³/mol. The van der Waals surface area contributed by atoms with Gasteiger partial charge in [-0.15, -0.1) is 6.58 Å². The van der Waals surface area contributed by atoms with Gasteiger partial charge < -0.3 is 10.0 Å². The van der Waals surface area contributed by atoms with Gasteiger partial charge in [0.1, 0.15) is 6.54 Å². The van der Waals surface area contributed by atoms with E-state index in [-0.39, 0.29) is 6.54 Å². The molecule has 0 bridgehead atoms. The van der Waals surface area contributed by atoms with Crippen LogP contribution < -0.4 is 4.90 Å². The molecule has 84 valence electrons. The summed E-state index contributed by atoms with van der Waals surface area (Å²) in [5, 5.41) is 8.68. The normalized spacial score (nSPS) is 9.50. The summed E-state index contributed by atoms with van der Waals surface area (Å²) in [4.78, 5) is 22.6. The molecule has 1 rings (SSSR count). The highest BCUT2D eigenvalue weighted by atomic mass is 16.4. The summed E-state index contributed by atoms with van der Waals surface area (Å²) in [6.45, 7) is 3.28. The van der Waals surface area contributed by atoms with E-state index >= 15 is 0 Å². The highest BCUT2D eigenvalue weighted by Crippen LogP contribution is 2.19. The molecule has 16 heavy (non-hydrogen) atoms. The molecule has 1 aromatic rings. The molecule has 0 spiro atoms. The van der Waals surface area contributed by atoms with Crippen molar-refractivity contribution in [1.29, 1.82) is 0 Å². The van der Waals surface area contributed by atoms with Crippen molar-refractivity contribution >= 4 is 18.1 Å². The second kappa shape index (κ2) is 5.70. The Morgan fingerprint density at radius 3 is 2.69 bits per heavy atom. The number of carboxylic acid groups (broad SMARTS) is 1. The molecule has 4 heteroatoms. The first-order valence-corrected chi connectivity index (χ1v) is 4.81. The number of hydrogen-bond acceptors (Lipinski definition) is 2. The maximum Gasteiger partial charge on any atom is 0.323 e. The molecule has 0 atom stereocenters. The van der Waals surface area contributed by atoms with Crippen molar-refractivity contribution in [3.63, 3.8) is 0 Å². The highest BCUT2D eigenvalue weighted by molar-refractivity contribution is 5.85. The third kappa shape index (κ3) is 2.95. The summed E-state index contributed by atoms with van der Waals surface area (Å²) in [7, 11) is 0. The Labute approximate surface area is 93.8 Å². The minimum atomic E-state index is -1.04. The topological polar surface area (TPSA) is 57.6 Å². The van der Waals surface area contributed by atoms with Gasteiger partial charge in [-0.1, -0.05) is 24.3 Å². The van der Waals surface area contributed by atoms with Gasteiger partial charge in [0, 0.05) is 5.69 Å². The van der Waals surface area contributed by atoms with E-state index in [4.69, 9.17) is 5.11 Å². The standard InChI is InChI=1S/C12H13NO3/c1-2-5-10-6-3-4-7-11(10)13(9-14)8-12(15)16/h2-4,6-7,9H,1,5,8H2,(H,15,16). The van der Waals surface area contributed by atoms with Crippen LogP contribution in [-0.2, 0) is 16.0 Å². The van der Waals surface area contributed by atoms with Crippen LogP contribution in [0.4, 0.5) is 5.69 Å². The first-order valence-electron chi connectivity index (χ1n) is 4.81. The van der Waals surface area contributed by atoms with Gasteiger partial charge in [0.05, 0.1) is 0 Å². The van der Waals surface area contributed by atoms with Crippen molar-refractivity contribution in [1.82, 2.24) is 0 Å². The lowest BCUT2D eigenvalue weighted by Gasteiger charge is -2.18. The molecule has 0 aliphatic rings. The van der Waals surface area contributed by atoms with Crippen molar-refractivity contribution in [2.75, 3.05) is 11.4 Å². The molecule has 0 aliphatic carbocycles. The number of anilines is 1. The maximum absolute atomic E-state index is 10.8. The van der Waals surface area contributed by atoms with Gasteiger partial charge in [-0.05, 0) is 18.1 Å². The molecule has 0 saturated carbocycles. The Kier molecular flexibility index (Phi) is 4.27. The number of nitrogens with zero attached hydrogens (tertiary/aromatic N) is 1. The first-order chi connectivity index (χ1) is 7.69. The number of hydrogen-bond donors (Lipinski definition) is 1. The largest absolute Gasteiger partial charge is 0.480 e. The Bertz CT molecular complexity index is 401. The van der Waals surface area contributed by atoms with Gasteiger partial charge in [-0.2, -0.15) is 0 Å². The first kappa shape index (κ1) is 12.0. The fourth-order valence-corrected chi connectivity index (χ4v) is 1.44. The number of aliphatic carboxylic acids is 1. The van der Waals surface area contributed by atoms with Crippen LogP contribution in [0.1, 0.15) is 5.56 Å². The molecule has 0 unspecified atom stereocenters. The number of carbonyl (C=O) groups excluding carboxylic acids is 1. The van der Waals surface area contributed by atoms with Gasteiger partial charge in [0.25, 0.3) is 0 Å². The smallest absolute Gasteiger partial charge is 0.323 e. The SMILES string of the molecule is C=CCc1ccccc1N(C=O)CC(=O)O. The van der Waals surface area contributed by atoms with Crippen LogP contribution in [0.2, 0.25) is 0 Å². The summed E-state index contributed by atoms with van der Waals surface area (Å²) in [5.74, 6) is -1.04. The Morgan fingerprint density at radius 1 is 1.44 bits per heavy atom. The van der Waals surface area contributed by atoms with Crippen molar-refractivity contribution in [2.45, 2.75) is 6.42 Å². The van der Waals surface area contributed by atoms with Crippen molar-refractivity contribution < 1.29 is 14.7 Å². The monoisotopic (exact) mass is 219 g/mol. The van der Waals surface area contributed by atoms with Crippen molar-refractivity contribution in [3.8, 4) is 0 Å². The molecule has 0 heterocycles. The third-order valence-electron chi connectivity index (χ3n) is 2.10. The summed E-state index contributed by atoms with van der Waals surface area (Å²) >= 11 is 0. The quantitative estimate of drug-likeness (QED) is 0.582. The molecule has 0 radical (unpaired) electrons. The molecular formula is C12H13NO3. The van der Waals surface area contributed by atoms with E-state index in [0.29, 0.717) is 18.5 Å². The number of carboxylic acids is 1. The lowest BCUT2D eigenvalue weighted by atomic mass is 10.1. The van der Waals surface area contributed by atoms with E-state index in [1.807, 2.05) is 12.1 Å². The van der Waals surface area contributed by atoms with E-state index in [9.17, 15) is 9.59 Å². The molecule has 0 aromatic heterocycles. The van der Waals surface area contributed by atoms with Crippen LogP contribution in [0, 0.1) is 0 Å².